The zero-order valence-electron chi connectivity index (χ0n) is 17.6. The van der Waals surface area contributed by atoms with Crippen molar-refractivity contribution in [3.05, 3.63) is 53.8 Å². The second-order valence-corrected chi connectivity index (χ2v) is 6.69. The van der Waals surface area contributed by atoms with Crippen LogP contribution in [0.1, 0.15) is 51.6 Å². The van der Waals surface area contributed by atoms with E-state index in [2.05, 4.69) is 73.2 Å². The first-order valence-electron chi connectivity index (χ1n) is 10.2. The predicted octanol–water partition coefficient (Wildman–Crippen LogP) is 4.87. The smallest absolute Gasteiger partial charge is 0.101 e. The summed E-state index contributed by atoms with van der Waals surface area (Å²) in [7, 11) is 0. The predicted molar refractivity (Wildman–Crippen MR) is 120 cm³/mol. The van der Waals surface area contributed by atoms with Gasteiger partial charge in [0.05, 0.1) is 11.6 Å². The van der Waals surface area contributed by atoms with Crippen LogP contribution in [0.3, 0.4) is 0 Å². The van der Waals surface area contributed by atoms with Gasteiger partial charge < -0.3 is 20.9 Å². The summed E-state index contributed by atoms with van der Waals surface area (Å²) >= 11 is 0. The lowest BCUT2D eigenvalue weighted by Crippen LogP contribution is -2.25. The minimum Gasteiger partial charge on any atom is -0.385 e. The van der Waals surface area contributed by atoms with Gasteiger partial charge in [-0.05, 0) is 56.4 Å². The largest absolute Gasteiger partial charge is 0.385 e. The quantitative estimate of drug-likeness (QED) is 0.186. The average molecular weight is 382 g/mol. The van der Waals surface area contributed by atoms with Crippen molar-refractivity contribution in [3.63, 3.8) is 0 Å². The summed E-state index contributed by atoms with van der Waals surface area (Å²) in [6, 6.07) is 10.7. The van der Waals surface area contributed by atoms with Gasteiger partial charge in [0.2, 0.25) is 0 Å². The molecule has 0 heterocycles. The molecular formula is C23H35N5. The summed E-state index contributed by atoms with van der Waals surface area (Å²) in [6.07, 6.45) is 5.43. The molecule has 1 aromatic rings. The van der Waals surface area contributed by atoms with Crippen LogP contribution in [0.2, 0.25) is 0 Å². The lowest BCUT2D eigenvalue weighted by Gasteiger charge is -2.21. The van der Waals surface area contributed by atoms with E-state index in [0.717, 1.165) is 44.7 Å². The molecule has 0 saturated heterocycles. The highest BCUT2D eigenvalue weighted by atomic mass is 15.1. The molecule has 0 radical (unpaired) electrons. The van der Waals surface area contributed by atoms with Gasteiger partial charge in [-0.15, -0.1) is 0 Å². The number of nitrogens with zero attached hydrogens (tertiary/aromatic N) is 2. The fourth-order valence-corrected chi connectivity index (χ4v) is 3.06. The van der Waals surface area contributed by atoms with Crippen LogP contribution in [-0.4, -0.2) is 37.3 Å². The normalized spacial score (nSPS) is 12.3. The number of rotatable bonds is 14. The Morgan fingerprint density at radius 3 is 2.68 bits per heavy atom. The van der Waals surface area contributed by atoms with Gasteiger partial charge in [-0.25, -0.2) is 0 Å². The summed E-state index contributed by atoms with van der Waals surface area (Å²) in [5.74, 6) is 0. The first kappa shape index (κ1) is 23.5. The van der Waals surface area contributed by atoms with Crippen molar-refractivity contribution < 1.29 is 0 Å². The summed E-state index contributed by atoms with van der Waals surface area (Å²) in [4.78, 5) is 2.43. The lowest BCUT2D eigenvalue weighted by atomic mass is 10.0. The van der Waals surface area contributed by atoms with Gasteiger partial charge in [0.1, 0.15) is 6.07 Å². The fraction of sp³-hybridized carbons (Fsp3) is 0.478. The van der Waals surface area contributed by atoms with Crippen LogP contribution >= 0.6 is 0 Å². The average Bonchev–Trinajstić information content (AvgIpc) is 2.72. The number of benzene rings is 1. The van der Waals surface area contributed by atoms with Crippen molar-refractivity contribution in [1.82, 2.24) is 10.2 Å². The van der Waals surface area contributed by atoms with E-state index in [9.17, 15) is 5.26 Å². The van der Waals surface area contributed by atoms with Crippen LogP contribution < -0.4 is 10.6 Å². The van der Waals surface area contributed by atoms with E-state index < -0.39 is 0 Å². The molecule has 28 heavy (non-hydrogen) atoms. The second kappa shape index (κ2) is 13.6. The number of allylic oxidation sites excluding steroid dienone is 2. The van der Waals surface area contributed by atoms with Crippen molar-refractivity contribution in [3.8, 4) is 6.07 Å². The lowest BCUT2D eigenvalue weighted by molar-refractivity contribution is 0.303. The number of hydrogen-bond donors (Lipinski definition) is 3. The molecule has 1 aromatic carbocycles. The Morgan fingerprint density at radius 1 is 1.32 bits per heavy atom. The van der Waals surface area contributed by atoms with E-state index >= 15 is 0 Å². The zero-order valence-corrected chi connectivity index (χ0v) is 17.6. The number of hydrogen-bond acceptors (Lipinski definition) is 5. The number of nitriles is 1. The summed E-state index contributed by atoms with van der Waals surface area (Å²) in [6.45, 7) is 14.8. The minimum absolute atomic E-state index is 0.0849. The molecule has 1 rings (SSSR count). The molecule has 3 N–H and O–H groups in total. The highest BCUT2D eigenvalue weighted by Gasteiger charge is 2.12. The molecule has 0 aliphatic rings. The molecule has 1 atom stereocenters. The summed E-state index contributed by atoms with van der Waals surface area (Å²) in [5.41, 5.74) is 3.38. The van der Waals surface area contributed by atoms with Crippen molar-refractivity contribution >= 4 is 11.9 Å². The van der Waals surface area contributed by atoms with Crippen LogP contribution in [-0.2, 0) is 0 Å². The monoisotopic (exact) mass is 381 g/mol. The maximum atomic E-state index is 9.31. The van der Waals surface area contributed by atoms with Crippen LogP contribution in [0.15, 0.2) is 48.2 Å². The van der Waals surface area contributed by atoms with Gasteiger partial charge in [0.15, 0.2) is 0 Å². The highest BCUT2D eigenvalue weighted by molar-refractivity contribution is 5.57. The van der Waals surface area contributed by atoms with Crippen LogP contribution in [0.4, 0.5) is 5.69 Å². The molecule has 0 aliphatic heterocycles. The Labute approximate surface area is 170 Å². The van der Waals surface area contributed by atoms with E-state index in [4.69, 9.17) is 5.41 Å². The van der Waals surface area contributed by atoms with Crippen LogP contribution in [0.5, 0.6) is 0 Å². The molecule has 0 amide bonds. The maximum Gasteiger partial charge on any atom is 0.101 e. The van der Waals surface area contributed by atoms with Crippen molar-refractivity contribution in [2.75, 3.05) is 31.5 Å². The Bertz CT molecular complexity index is 682. The topological polar surface area (TPSA) is 74.9 Å². The number of anilines is 1. The minimum atomic E-state index is 0.0849. The van der Waals surface area contributed by atoms with E-state index in [1.165, 1.54) is 11.8 Å². The molecule has 0 aromatic heterocycles. The molecular weight excluding hydrogens is 346 g/mol. The Balaban J connectivity index is 2.70. The van der Waals surface area contributed by atoms with Gasteiger partial charge in [-0.2, -0.15) is 5.26 Å². The molecule has 5 heteroatoms. The summed E-state index contributed by atoms with van der Waals surface area (Å²) in [5, 5.41) is 23.3. The van der Waals surface area contributed by atoms with Crippen LogP contribution in [0.25, 0.3) is 0 Å². The third kappa shape index (κ3) is 7.98. The molecule has 0 spiro atoms. The van der Waals surface area contributed by atoms with E-state index in [0.29, 0.717) is 17.7 Å². The third-order valence-corrected chi connectivity index (χ3v) is 4.81. The first-order chi connectivity index (χ1) is 13.6. The number of nitrogens with one attached hydrogen (secondary N) is 3. The van der Waals surface area contributed by atoms with Crippen molar-refractivity contribution in [2.45, 2.75) is 46.1 Å². The molecule has 0 bridgehead atoms. The van der Waals surface area contributed by atoms with Gasteiger partial charge in [-0.3, -0.25) is 0 Å². The highest BCUT2D eigenvalue weighted by Crippen LogP contribution is 2.22. The van der Waals surface area contributed by atoms with E-state index in [1.807, 2.05) is 0 Å². The molecule has 0 aliphatic carbocycles. The van der Waals surface area contributed by atoms with Crippen LogP contribution in [0, 0.1) is 16.7 Å². The first-order valence-corrected chi connectivity index (χ1v) is 10.2. The standard InChI is InChI=1S/C23H35N5/c1-5-23(27-19(4)21(18-25)12-9-14-24)20-11-8-13-22(17-20)26-15-10-16-28(6-2)7-3/h8,11-14,17,23-24,26-27H,4-7,9-10,15-16H2,1-3H3/b21-12+,24-14?. The molecule has 0 saturated carbocycles. The molecule has 152 valence electrons. The van der Waals surface area contributed by atoms with Crippen molar-refractivity contribution in [2.24, 2.45) is 0 Å². The van der Waals surface area contributed by atoms with Gasteiger partial charge >= 0.3 is 0 Å². The fourth-order valence-electron chi connectivity index (χ4n) is 3.06. The third-order valence-electron chi connectivity index (χ3n) is 4.81. The Hall–Kier alpha value is -2.58. The SMILES string of the molecule is C=C(NC(CC)c1cccc(NCCCN(CC)CC)c1)/C(C#N)=C/CC=N. The van der Waals surface area contributed by atoms with Gasteiger partial charge in [0.25, 0.3) is 0 Å². The molecule has 0 fully saturated rings. The Kier molecular flexibility index (Phi) is 11.4. The van der Waals surface area contributed by atoms with E-state index in [-0.39, 0.29) is 6.04 Å². The zero-order chi connectivity index (χ0) is 20.8. The molecule has 5 nitrogen and oxygen atoms in total. The molecule has 1 unspecified atom stereocenters. The maximum absolute atomic E-state index is 9.31. The Morgan fingerprint density at radius 2 is 2.07 bits per heavy atom. The van der Waals surface area contributed by atoms with Gasteiger partial charge in [0, 0.05) is 24.4 Å². The van der Waals surface area contributed by atoms with Crippen molar-refractivity contribution in [1.29, 1.82) is 10.7 Å². The second-order valence-electron chi connectivity index (χ2n) is 6.69. The summed E-state index contributed by atoms with van der Waals surface area (Å²) < 4.78 is 0. The van der Waals surface area contributed by atoms with Gasteiger partial charge in [-0.1, -0.05) is 45.6 Å². The van der Waals surface area contributed by atoms with E-state index in [1.54, 1.807) is 6.08 Å².